The van der Waals surface area contributed by atoms with E-state index in [0.717, 1.165) is 0 Å². The quantitative estimate of drug-likeness (QED) is 0.734. The molecule has 0 atom stereocenters. The van der Waals surface area contributed by atoms with Gasteiger partial charge in [-0.05, 0) is 32.9 Å². The van der Waals surface area contributed by atoms with Crippen molar-refractivity contribution in [2.24, 2.45) is 0 Å². The number of amides is 1. The Morgan fingerprint density at radius 3 is 2.00 bits per heavy atom. The van der Waals surface area contributed by atoms with Crippen molar-refractivity contribution in [3.8, 4) is 17.2 Å². The molecule has 2 rings (SSSR count). The average molecular weight is 376 g/mol. The molecule has 1 N–H and O–H groups in total. The molecule has 7 nitrogen and oxygen atoms in total. The molecule has 0 aliphatic rings. The van der Waals surface area contributed by atoms with Crippen LogP contribution in [0.3, 0.4) is 0 Å². The molecule has 0 unspecified atom stereocenters. The number of hydrogen-bond acceptors (Lipinski definition) is 6. The summed E-state index contributed by atoms with van der Waals surface area (Å²) >= 11 is 0. The second-order valence-corrected chi connectivity index (χ2v) is 6.88. The molecule has 0 aliphatic heterocycles. The van der Waals surface area contributed by atoms with Crippen molar-refractivity contribution in [2.45, 2.75) is 47.0 Å². The molecule has 7 heteroatoms. The highest BCUT2D eigenvalue weighted by atomic mass is 16.5. The molecule has 0 radical (unpaired) electrons. The molecule has 1 heterocycles. The zero-order valence-electron chi connectivity index (χ0n) is 16.8. The summed E-state index contributed by atoms with van der Waals surface area (Å²) < 4.78 is 22.3. The van der Waals surface area contributed by atoms with Crippen LogP contribution in [0.5, 0.6) is 17.2 Å². The predicted octanol–water partition coefficient (Wildman–Crippen LogP) is 4.42. The van der Waals surface area contributed by atoms with Gasteiger partial charge in [0.15, 0.2) is 17.3 Å². The van der Waals surface area contributed by atoms with Crippen molar-refractivity contribution < 1.29 is 23.5 Å². The first-order valence-corrected chi connectivity index (χ1v) is 9.15. The van der Waals surface area contributed by atoms with E-state index < -0.39 is 0 Å². The van der Waals surface area contributed by atoms with E-state index in [1.807, 2.05) is 41.5 Å². The van der Waals surface area contributed by atoms with Crippen LogP contribution in [0.15, 0.2) is 22.7 Å². The molecule has 2 aromatic rings. The lowest BCUT2D eigenvalue weighted by molar-refractivity contribution is 0.102. The number of carbonyl (C=O) groups is 1. The van der Waals surface area contributed by atoms with Gasteiger partial charge in [-0.25, -0.2) is 0 Å². The summed E-state index contributed by atoms with van der Waals surface area (Å²) in [5, 5.41) is 6.66. The highest BCUT2D eigenvalue weighted by Crippen LogP contribution is 2.39. The van der Waals surface area contributed by atoms with E-state index >= 15 is 0 Å². The van der Waals surface area contributed by atoms with E-state index in [1.54, 1.807) is 18.2 Å². The maximum atomic E-state index is 12.7. The van der Waals surface area contributed by atoms with E-state index in [-0.39, 0.29) is 11.3 Å². The summed E-state index contributed by atoms with van der Waals surface area (Å²) in [7, 11) is 0. The smallest absolute Gasteiger partial charge is 0.257 e. The van der Waals surface area contributed by atoms with Crippen molar-refractivity contribution in [3.05, 3.63) is 29.5 Å². The van der Waals surface area contributed by atoms with Gasteiger partial charge in [-0.15, -0.1) is 0 Å². The van der Waals surface area contributed by atoms with Gasteiger partial charge in [-0.2, -0.15) is 0 Å². The van der Waals surface area contributed by atoms with Gasteiger partial charge in [0.2, 0.25) is 5.75 Å². The van der Waals surface area contributed by atoms with Crippen LogP contribution in [-0.2, 0) is 5.41 Å². The minimum Gasteiger partial charge on any atom is -0.490 e. The van der Waals surface area contributed by atoms with Gasteiger partial charge in [-0.3, -0.25) is 4.79 Å². The van der Waals surface area contributed by atoms with Crippen molar-refractivity contribution >= 4 is 11.7 Å². The van der Waals surface area contributed by atoms with Gasteiger partial charge in [0.1, 0.15) is 5.76 Å². The summed E-state index contributed by atoms with van der Waals surface area (Å²) in [5.74, 6) is 2.13. The van der Waals surface area contributed by atoms with E-state index in [4.69, 9.17) is 18.7 Å². The third-order valence-electron chi connectivity index (χ3n) is 3.66. The van der Waals surface area contributed by atoms with Crippen LogP contribution >= 0.6 is 0 Å². The maximum absolute atomic E-state index is 12.7. The fourth-order valence-corrected chi connectivity index (χ4v) is 2.40. The molecule has 27 heavy (non-hydrogen) atoms. The summed E-state index contributed by atoms with van der Waals surface area (Å²) in [4.78, 5) is 12.7. The molecular formula is C20H28N2O5. The Morgan fingerprint density at radius 1 is 1.00 bits per heavy atom. The lowest BCUT2D eigenvalue weighted by Crippen LogP contribution is -2.14. The number of anilines is 1. The molecule has 0 saturated carbocycles. The molecule has 0 aliphatic carbocycles. The Labute approximate surface area is 160 Å². The molecule has 1 amide bonds. The molecule has 0 fully saturated rings. The Kier molecular flexibility index (Phi) is 6.71. The second-order valence-electron chi connectivity index (χ2n) is 6.88. The van der Waals surface area contributed by atoms with Crippen molar-refractivity contribution in [3.63, 3.8) is 0 Å². The van der Waals surface area contributed by atoms with Crippen LogP contribution in [0.1, 0.15) is 57.7 Å². The van der Waals surface area contributed by atoms with Crippen LogP contribution in [0.4, 0.5) is 5.82 Å². The Morgan fingerprint density at radius 2 is 1.56 bits per heavy atom. The fourth-order valence-electron chi connectivity index (χ4n) is 2.40. The topological polar surface area (TPSA) is 82.8 Å². The molecule has 0 saturated heterocycles. The highest BCUT2D eigenvalue weighted by Gasteiger charge is 2.22. The van der Waals surface area contributed by atoms with Crippen molar-refractivity contribution in [2.75, 3.05) is 25.1 Å². The normalized spacial score (nSPS) is 11.2. The fraction of sp³-hybridized carbons (Fsp3) is 0.500. The second kappa shape index (κ2) is 8.79. The van der Waals surface area contributed by atoms with Gasteiger partial charge in [0.05, 0.1) is 19.8 Å². The van der Waals surface area contributed by atoms with Gasteiger partial charge < -0.3 is 24.1 Å². The monoisotopic (exact) mass is 376 g/mol. The summed E-state index contributed by atoms with van der Waals surface area (Å²) in [5.41, 5.74) is 0.185. The first kappa shape index (κ1) is 20.6. The van der Waals surface area contributed by atoms with Gasteiger partial charge >= 0.3 is 0 Å². The Bertz CT molecular complexity index is 750. The Balaban J connectivity index is 2.32. The van der Waals surface area contributed by atoms with E-state index in [9.17, 15) is 4.79 Å². The van der Waals surface area contributed by atoms with E-state index in [0.29, 0.717) is 54.2 Å². The third-order valence-corrected chi connectivity index (χ3v) is 3.66. The first-order chi connectivity index (χ1) is 12.8. The summed E-state index contributed by atoms with van der Waals surface area (Å²) in [6.45, 7) is 13.0. The zero-order chi connectivity index (χ0) is 20.0. The van der Waals surface area contributed by atoms with Crippen LogP contribution in [0, 0.1) is 0 Å². The number of nitrogens with zero attached hydrogens (tertiary/aromatic N) is 1. The van der Waals surface area contributed by atoms with Crippen LogP contribution in [0.2, 0.25) is 0 Å². The van der Waals surface area contributed by atoms with Gasteiger partial charge in [-0.1, -0.05) is 25.9 Å². The highest BCUT2D eigenvalue weighted by molar-refractivity contribution is 6.04. The number of carbonyl (C=O) groups excluding carboxylic acids is 1. The van der Waals surface area contributed by atoms with Crippen LogP contribution < -0.4 is 19.5 Å². The van der Waals surface area contributed by atoms with E-state index in [2.05, 4.69) is 10.5 Å². The number of hydrogen-bond donors (Lipinski definition) is 1. The number of nitrogens with one attached hydrogen (secondary N) is 1. The lowest BCUT2D eigenvalue weighted by Gasteiger charge is -2.16. The predicted molar refractivity (Wildman–Crippen MR) is 103 cm³/mol. The number of rotatable bonds is 8. The molecule has 148 valence electrons. The number of ether oxygens (including phenoxy) is 3. The molecule has 1 aromatic carbocycles. The van der Waals surface area contributed by atoms with Crippen LogP contribution in [-0.4, -0.2) is 30.9 Å². The van der Waals surface area contributed by atoms with Gasteiger partial charge in [0.25, 0.3) is 5.91 Å². The average Bonchev–Trinajstić information content (AvgIpc) is 3.06. The number of benzene rings is 1. The molecular weight excluding hydrogens is 348 g/mol. The third kappa shape index (κ3) is 5.15. The van der Waals surface area contributed by atoms with E-state index in [1.165, 1.54) is 0 Å². The SMILES string of the molecule is CCOc1cc(C(=O)Nc2cc(C(C)(C)C)on2)cc(OCC)c1OCC. The standard InChI is InChI=1S/C20H28N2O5/c1-7-24-14-10-13(11-15(25-8-2)18(14)26-9-3)19(23)21-17-12-16(27-22-17)20(4,5)6/h10-12H,7-9H2,1-6H3,(H,21,22,23). The number of aromatic nitrogens is 1. The summed E-state index contributed by atoms with van der Waals surface area (Å²) in [6, 6.07) is 4.99. The maximum Gasteiger partial charge on any atom is 0.257 e. The van der Waals surface area contributed by atoms with Gasteiger partial charge in [0, 0.05) is 17.0 Å². The zero-order valence-corrected chi connectivity index (χ0v) is 16.8. The minimum absolute atomic E-state index is 0.195. The Hall–Kier alpha value is -2.70. The molecule has 0 spiro atoms. The minimum atomic E-state index is -0.339. The largest absolute Gasteiger partial charge is 0.490 e. The van der Waals surface area contributed by atoms with Crippen molar-refractivity contribution in [1.29, 1.82) is 0 Å². The van der Waals surface area contributed by atoms with Crippen molar-refractivity contribution in [1.82, 2.24) is 5.16 Å². The lowest BCUT2D eigenvalue weighted by atomic mass is 9.93. The molecule has 1 aromatic heterocycles. The first-order valence-electron chi connectivity index (χ1n) is 9.15. The molecule has 0 bridgehead atoms. The van der Waals surface area contributed by atoms with Crippen LogP contribution in [0.25, 0.3) is 0 Å². The summed E-state index contributed by atoms with van der Waals surface area (Å²) in [6.07, 6.45) is 0.